The Morgan fingerprint density at radius 3 is 2.52 bits per heavy atom. The summed E-state index contributed by atoms with van der Waals surface area (Å²) < 4.78 is 24.7. The normalized spacial score (nSPS) is 12.9. The van der Waals surface area contributed by atoms with Crippen molar-refractivity contribution in [2.24, 2.45) is 5.14 Å². The summed E-state index contributed by atoms with van der Waals surface area (Å²) in [7, 11) is -3.75. The molecule has 1 unspecified atom stereocenters. The minimum atomic E-state index is -3.75. The molecule has 0 saturated heterocycles. The van der Waals surface area contributed by atoms with Crippen LogP contribution in [0, 0.1) is 0 Å². The lowest BCUT2D eigenvalue weighted by atomic mass is 10.3. The minimum Gasteiger partial charge on any atom is -0.325 e. The van der Waals surface area contributed by atoms with Gasteiger partial charge in [0, 0.05) is 12.2 Å². The van der Waals surface area contributed by atoms with Gasteiger partial charge in [-0.05, 0) is 50.2 Å². The van der Waals surface area contributed by atoms with Crippen LogP contribution in [0.15, 0.2) is 58.6 Å². The van der Waals surface area contributed by atoms with Gasteiger partial charge in [-0.1, -0.05) is 23.9 Å². The van der Waals surface area contributed by atoms with Gasteiger partial charge in [-0.25, -0.2) is 18.5 Å². The number of nitrogens with zero attached hydrogens (tertiary/aromatic N) is 2. The third kappa shape index (κ3) is 4.32. The second-order valence-electron chi connectivity index (χ2n) is 5.95. The summed E-state index contributed by atoms with van der Waals surface area (Å²) in [6, 6.07) is 13.6. The number of fused-ring (bicyclic) bond motifs is 1. The molecular weight excluding hydrogens is 384 g/mol. The number of anilines is 1. The largest absolute Gasteiger partial charge is 0.325 e. The fraction of sp³-hybridized carbons (Fsp3) is 0.222. The number of rotatable bonds is 6. The molecule has 0 radical (unpaired) electrons. The Kier molecular flexibility index (Phi) is 5.54. The molecule has 27 heavy (non-hydrogen) atoms. The van der Waals surface area contributed by atoms with E-state index in [9.17, 15) is 13.2 Å². The number of amides is 1. The number of hydrogen-bond donors (Lipinski definition) is 2. The Hall–Kier alpha value is -2.36. The Morgan fingerprint density at radius 1 is 1.22 bits per heavy atom. The summed E-state index contributed by atoms with van der Waals surface area (Å²) in [5.41, 5.74) is 2.44. The van der Waals surface area contributed by atoms with Crippen LogP contribution >= 0.6 is 11.8 Å². The molecule has 0 spiro atoms. The van der Waals surface area contributed by atoms with Crippen molar-refractivity contribution >= 4 is 44.4 Å². The number of carbonyl (C=O) groups is 1. The van der Waals surface area contributed by atoms with Crippen molar-refractivity contribution < 1.29 is 13.2 Å². The van der Waals surface area contributed by atoms with E-state index >= 15 is 0 Å². The molecule has 0 aliphatic rings. The molecule has 3 rings (SSSR count). The number of benzene rings is 2. The molecule has 142 valence electrons. The zero-order valence-electron chi connectivity index (χ0n) is 14.9. The van der Waals surface area contributed by atoms with E-state index < -0.39 is 10.0 Å². The first-order valence-corrected chi connectivity index (χ1v) is 10.8. The zero-order chi connectivity index (χ0) is 19.6. The summed E-state index contributed by atoms with van der Waals surface area (Å²) in [4.78, 5) is 17.1. The van der Waals surface area contributed by atoms with Gasteiger partial charge in [0.1, 0.15) is 0 Å². The van der Waals surface area contributed by atoms with Crippen molar-refractivity contribution in [2.75, 3.05) is 5.32 Å². The number of nitrogens with two attached hydrogens (primary N) is 1. The minimum absolute atomic E-state index is 0.000384. The molecule has 9 heteroatoms. The molecule has 1 amide bonds. The fourth-order valence-corrected chi connectivity index (χ4v) is 4.14. The van der Waals surface area contributed by atoms with Crippen molar-refractivity contribution in [1.82, 2.24) is 9.55 Å². The maximum atomic E-state index is 12.5. The predicted molar refractivity (Wildman–Crippen MR) is 107 cm³/mol. The third-order valence-electron chi connectivity index (χ3n) is 4.04. The number of thioether (sulfide) groups is 1. The first-order chi connectivity index (χ1) is 12.8. The number of aryl methyl sites for hydroxylation is 1. The highest BCUT2D eigenvalue weighted by atomic mass is 32.2. The highest BCUT2D eigenvalue weighted by Crippen LogP contribution is 2.28. The van der Waals surface area contributed by atoms with Crippen LogP contribution in [-0.2, 0) is 21.4 Å². The SMILES string of the molecule is CCn1c(SC(C)C(=O)Nc2ccc(S(N)(=O)=O)cc2)nc2ccccc21. The molecule has 0 aliphatic heterocycles. The first-order valence-electron chi connectivity index (χ1n) is 8.35. The predicted octanol–water partition coefficient (Wildman–Crippen LogP) is 2.82. The molecule has 0 fully saturated rings. The second-order valence-corrected chi connectivity index (χ2v) is 8.82. The number of primary sulfonamides is 1. The number of aromatic nitrogens is 2. The lowest BCUT2D eigenvalue weighted by molar-refractivity contribution is -0.115. The van der Waals surface area contributed by atoms with Gasteiger partial charge in [0.05, 0.1) is 21.2 Å². The molecule has 1 heterocycles. The number of hydrogen-bond acceptors (Lipinski definition) is 5. The number of sulfonamides is 1. The average molecular weight is 405 g/mol. The van der Waals surface area contributed by atoms with Crippen LogP contribution in [0.1, 0.15) is 13.8 Å². The van der Waals surface area contributed by atoms with E-state index in [1.54, 1.807) is 6.92 Å². The molecule has 1 atom stereocenters. The molecule has 7 nitrogen and oxygen atoms in total. The Morgan fingerprint density at radius 2 is 1.89 bits per heavy atom. The monoisotopic (exact) mass is 404 g/mol. The van der Waals surface area contributed by atoms with Gasteiger partial charge in [0.15, 0.2) is 5.16 Å². The van der Waals surface area contributed by atoms with Gasteiger partial charge in [0.25, 0.3) is 0 Å². The highest BCUT2D eigenvalue weighted by Gasteiger charge is 2.19. The molecule has 2 aromatic carbocycles. The molecule has 3 aromatic rings. The van der Waals surface area contributed by atoms with Gasteiger partial charge in [-0.15, -0.1) is 0 Å². The van der Waals surface area contributed by atoms with Crippen molar-refractivity contribution in [2.45, 2.75) is 35.7 Å². The topological polar surface area (TPSA) is 107 Å². The smallest absolute Gasteiger partial charge is 0.238 e. The van der Waals surface area contributed by atoms with Crippen LogP contribution in [0.25, 0.3) is 11.0 Å². The summed E-state index contributed by atoms with van der Waals surface area (Å²) >= 11 is 1.38. The van der Waals surface area contributed by atoms with Crippen molar-refractivity contribution in [1.29, 1.82) is 0 Å². The Bertz CT molecular complexity index is 1080. The van der Waals surface area contributed by atoms with Crippen LogP contribution in [-0.4, -0.2) is 29.1 Å². The van der Waals surface area contributed by atoms with E-state index in [1.807, 2.05) is 31.2 Å². The molecular formula is C18H20N4O3S2. The maximum absolute atomic E-state index is 12.5. The van der Waals surface area contributed by atoms with Crippen molar-refractivity contribution in [3.8, 4) is 0 Å². The van der Waals surface area contributed by atoms with Crippen LogP contribution in [0.3, 0.4) is 0 Å². The van der Waals surface area contributed by atoms with E-state index in [0.29, 0.717) is 5.69 Å². The maximum Gasteiger partial charge on any atom is 0.238 e. The molecule has 0 bridgehead atoms. The Labute approximate surface area is 162 Å². The highest BCUT2D eigenvalue weighted by molar-refractivity contribution is 8.00. The zero-order valence-corrected chi connectivity index (χ0v) is 16.5. The second kappa shape index (κ2) is 7.71. The quantitative estimate of drug-likeness (QED) is 0.614. The van der Waals surface area contributed by atoms with Gasteiger partial charge < -0.3 is 9.88 Å². The lowest BCUT2D eigenvalue weighted by Crippen LogP contribution is -2.23. The van der Waals surface area contributed by atoms with Crippen LogP contribution < -0.4 is 10.5 Å². The summed E-state index contributed by atoms with van der Waals surface area (Å²) in [5, 5.41) is 8.25. The van der Waals surface area contributed by atoms with Crippen LogP contribution in [0.4, 0.5) is 5.69 Å². The Balaban J connectivity index is 1.73. The van der Waals surface area contributed by atoms with Crippen LogP contribution in [0.5, 0.6) is 0 Å². The summed E-state index contributed by atoms with van der Waals surface area (Å²) in [6.07, 6.45) is 0. The fourth-order valence-electron chi connectivity index (χ4n) is 2.63. The van der Waals surface area contributed by atoms with E-state index in [1.165, 1.54) is 36.0 Å². The van der Waals surface area contributed by atoms with Crippen LogP contribution in [0.2, 0.25) is 0 Å². The number of imidazole rings is 1. The average Bonchev–Trinajstić information content (AvgIpc) is 2.98. The van der Waals surface area contributed by atoms with E-state index in [4.69, 9.17) is 5.14 Å². The molecule has 1 aromatic heterocycles. The molecule has 0 aliphatic carbocycles. The molecule has 3 N–H and O–H groups in total. The lowest BCUT2D eigenvalue weighted by Gasteiger charge is -2.13. The van der Waals surface area contributed by atoms with Gasteiger partial charge >= 0.3 is 0 Å². The van der Waals surface area contributed by atoms with E-state index in [0.717, 1.165) is 22.7 Å². The summed E-state index contributed by atoms with van der Waals surface area (Å²) in [5.74, 6) is -0.196. The van der Waals surface area contributed by atoms with E-state index in [2.05, 4.69) is 14.9 Å². The number of para-hydroxylation sites is 2. The number of nitrogens with one attached hydrogen (secondary N) is 1. The van der Waals surface area contributed by atoms with Gasteiger partial charge in [-0.3, -0.25) is 4.79 Å². The summed E-state index contributed by atoms with van der Waals surface area (Å²) in [6.45, 7) is 4.60. The molecule has 0 saturated carbocycles. The van der Waals surface area contributed by atoms with Gasteiger partial charge in [0.2, 0.25) is 15.9 Å². The van der Waals surface area contributed by atoms with Crippen molar-refractivity contribution in [3.05, 3.63) is 48.5 Å². The van der Waals surface area contributed by atoms with Gasteiger partial charge in [-0.2, -0.15) is 0 Å². The standard InChI is InChI=1S/C18H20N4O3S2/c1-3-22-16-7-5-4-6-15(16)21-18(22)26-12(2)17(23)20-13-8-10-14(11-9-13)27(19,24)25/h4-12H,3H2,1-2H3,(H,20,23)(H2,19,24,25). The third-order valence-corrected chi connectivity index (χ3v) is 6.06. The van der Waals surface area contributed by atoms with E-state index in [-0.39, 0.29) is 16.1 Å². The van der Waals surface area contributed by atoms with Crippen molar-refractivity contribution in [3.63, 3.8) is 0 Å². The number of carbonyl (C=O) groups excluding carboxylic acids is 1. The first kappa shape index (κ1) is 19.4.